The Bertz CT molecular complexity index is 245. The van der Waals surface area contributed by atoms with Crippen molar-refractivity contribution in [2.45, 2.75) is 32.2 Å². The quantitative estimate of drug-likeness (QED) is 0.491. The molecule has 0 heterocycles. The van der Waals surface area contributed by atoms with Gasteiger partial charge >= 0.3 is 5.97 Å². The molecule has 2 N–H and O–H groups in total. The maximum atomic E-state index is 11.4. The number of carbonyl (C=O) groups is 1. The van der Waals surface area contributed by atoms with E-state index in [1.807, 2.05) is 6.08 Å². The Kier molecular flexibility index (Phi) is 2.48. The molecule has 3 heteroatoms. The van der Waals surface area contributed by atoms with Crippen molar-refractivity contribution in [1.29, 1.82) is 0 Å². The van der Waals surface area contributed by atoms with E-state index in [9.17, 15) is 4.79 Å². The number of carbonyl (C=O) groups excluding carboxylic acids is 1. The van der Waals surface area contributed by atoms with Gasteiger partial charge in [-0.1, -0.05) is 26.0 Å². The first-order chi connectivity index (χ1) is 5.90. The van der Waals surface area contributed by atoms with Crippen LogP contribution in [0.15, 0.2) is 12.2 Å². The molecule has 0 fully saturated rings. The minimum absolute atomic E-state index is 0.0810. The van der Waals surface area contributed by atoms with Crippen LogP contribution in [0.3, 0.4) is 0 Å². The van der Waals surface area contributed by atoms with E-state index in [1.54, 1.807) is 6.08 Å². The molecule has 0 bridgehead atoms. The van der Waals surface area contributed by atoms with Crippen molar-refractivity contribution in [3.05, 3.63) is 12.2 Å². The Hall–Kier alpha value is -0.830. The van der Waals surface area contributed by atoms with Crippen LogP contribution in [0.4, 0.5) is 0 Å². The van der Waals surface area contributed by atoms with Gasteiger partial charge in [-0.15, -0.1) is 0 Å². The Labute approximate surface area is 78.9 Å². The second kappa shape index (κ2) is 3.14. The molecule has 1 aliphatic carbocycles. The molecule has 0 spiro atoms. The molecule has 0 aromatic rings. The van der Waals surface area contributed by atoms with Crippen LogP contribution in [-0.4, -0.2) is 18.6 Å². The first kappa shape index (κ1) is 10.3. The summed E-state index contributed by atoms with van der Waals surface area (Å²) < 4.78 is 4.67. The van der Waals surface area contributed by atoms with E-state index < -0.39 is 5.54 Å². The summed E-state index contributed by atoms with van der Waals surface area (Å²) in [4.78, 5) is 11.4. The molecule has 0 amide bonds. The summed E-state index contributed by atoms with van der Waals surface area (Å²) in [6.07, 6.45) is 5.32. The second-order valence-corrected chi connectivity index (χ2v) is 4.48. The zero-order chi connectivity index (χ0) is 10.1. The molecule has 1 atom stereocenters. The number of esters is 1. The van der Waals surface area contributed by atoms with Gasteiger partial charge in [-0.25, -0.2) is 4.79 Å². The molecule has 3 nitrogen and oxygen atoms in total. The molecule has 74 valence electrons. The lowest BCUT2D eigenvalue weighted by molar-refractivity contribution is -0.146. The van der Waals surface area contributed by atoms with Gasteiger partial charge in [0.2, 0.25) is 0 Å². The highest BCUT2D eigenvalue weighted by atomic mass is 16.5. The minimum Gasteiger partial charge on any atom is -0.467 e. The van der Waals surface area contributed by atoms with Gasteiger partial charge < -0.3 is 10.5 Å². The third-order valence-corrected chi connectivity index (χ3v) is 2.42. The predicted molar refractivity (Wildman–Crippen MR) is 51.1 cm³/mol. The Balaban J connectivity index is 2.87. The van der Waals surface area contributed by atoms with E-state index in [2.05, 4.69) is 18.6 Å². The fourth-order valence-corrected chi connectivity index (χ4v) is 1.84. The van der Waals surface area contributed by atoms with Gasteiger partial charge in [0, 0.05) is 0 Å². The first-order valence-corrected chi connectivity index (χ1v) is 4.45. The van der Waals surface area contributed by atoms with Gasteiger partial charge in [-0.3, -0.25) is 0 Å². The zero-order valence-electron chi connectivity index (χ0n) is 8.46. The fourth-order valence-electron chi connectivity index (χ4n) is 1.84. The number of hydrogen-bond donors (Lipinski definition) is 1. The highest BCUT2D eigenvalue weighted by molar-refractivity contribution is 5.83. The number of methoxy groups -OCH3 is 1. The molecule has 0 aromatic heterocycles. The van der Waals surface area contributed by atoms with E-state index in [0.29, 0.717) is 6.42 Å². The minimum atomic E-state index is -0.920. The summed E-state index contributed by atoms with van der Waals surface area (Å²) in [5.74, 6) is -0.350. The third kappa shape index (κ3) is 2.10. The molecule has 0 aliphatic heterocycles. The molecule has 13 heavy (non-hydrogen) atoms. The average molecular weight is 183 g/mol. The third-order valence-electron chi connectivity index (χ3n) is 2.42. The lowest BCUT2D eigenvalue weighted by atomic mass is 9.72. The summed E-state index contributed by atoms with van der Waals surface area (Å²) in [5, 5.41) is 0. The smallest absolute Gasteiger partial charge is 0.329 e. The Morgan fingerprint density at radius 3 is 2.62 bits per heavy atom. The molecule has 1 unspecified atom stereocenters. The summed E-state index contributed by atoms with van der Waals surface area (Å²) in [6.45, 7) is 4.20. The van der Waals surface area contributed by atoms with Crippen molar-refractivity contribution in [3.63, 3.8) is 0 Å². The van der Waals surface area contributed by atoms with Crippen molar-refractivity contribution in [1.82, 2.24) is 0 Å². The molecule has 0 aromatic carbocycles. The van der Waals surface area contributed by atoms with Crippen LogP contribution in [0.1, 0.15) is 26.7 Å². The second-order valence-electron chi connectivity index (χ2n) is 4.48. The van der Waals surface area contributed by atoms with E-state index in [0.717, 1.165) is 6.42 Å². The number of hydrogen-bond acceptors (Lipinski definition) is 3. The van der Waals surface area contributed by atoms with Crippen LogP contribution in [0, 0.1) is 5.41 Å². The van der Waals surface area contributed by atoms with Crippen molar-refractivity contribution in [2.24, 2.45) is 11.1 Å². The topological polar surface area (TPSA) is 52.3 Å². The maximum absolute atomic E-state index is 11.4. The zero-order valence-corrected chi connectivity index (χ0v) is 8.46. The van der Waals surface area contributed by atoms with Gasteiger partial charge in [0.1, 0.15) is 5.54 Å². The van der Waals surface area contributed by atoms with Gasteiger partial charge in [0.15, 0.2) is 0 Å². The summed E-state index contributed by atoms with van der Waals surface area (Å²) in [7, 11) is 1.37. The Morgan fingerprint density at radius 2 is 2.15 bits per heavy atom. The molecule has 1 rings (SSSR count). The SMILES string of the molecule is COC(=O)C1(N)C=CCC(C)(C)C1. The van der Waals surface area contributed by atoms with Crippen molar-refractivity contribution >= 4 is 5.97 Å². The van der Waals surface area contributed by atoms with Crippen molar-refractivity contribution in [2.75, 3.05) is 7.11 Å². The lowest BCUT2D eigenvalue weighted by Gasteiger charge is -2.36. The van der Waals surface area contributed by atoms with Crippen LogP contribution in [0.5, 0.6) is 0 Å². The largest absolute Gasteiger partial charge is 0.467 e. The van der Waals surface area contributed by atoms with E-state index >= 15 is 0 Å². The fraction of sp³-hybridized carbons (Fsp3) is 0.700. The maximum Gasteiger partial charge on any atom is 0.329 e. The highest BCUT2D eigenvalue weighted by Crippen LogP contribution is 2.35. The first-order valence-electron chi connectivity index (χ1n) is 4.45. The van der Waals surface area contributed by atoms with Gasteiger partial charge in [0.25, 0.3) is 0 Å². The van der Waals surface area contributed by atoms with Crippen molar-refractivity contribution < 1.29 is 9.53 Å². The van der Waals surface area contributed by atoms with Gasteiger partial charge in [-0.2, -0.15) is 0 Å². The van der Waals surface area contributed by atoms with Crippen molar-refractivity contribution in [3.8, 4) is 0 Å². The number of ether oxygens (including phenoxy) is 1. The van der Waals surface area contributed by atoms with E-state index in [4.69, 9.17) is 5.73 Å². The summed E-state index contributed by atoms with van der Waals surface area (Å²) in [5.41, 5.74) is 5.09. The van der Waals surface area contributed by atoms with Crippen LogP contribution in [0.25, 0.3) is 0 Å². The monoisotopic (exact) mass is 183 g/mol. The standard InChI is InChI=1S/C10H17NO2/c1-9(2)5-4-6-10(11,7-9)8(12)13-3/h4,6H,5,7,11H2,1-3H3. The summed E-state index contributed by atoms with van der Waals surface area (Å²) >= 11 is 0. The van der Waals surface area contributed by atoms with Crippen LogP contribution >= 0.6 is 0 Å². The highest BCUT2D eigenvalue weighted by Gasteiger charge is 2.40. The molecule has 0 saturated heterocycles. The Morgan fingerprint density at radius 1 is 1.54 bits per heavy atom. The molecular formula is C10H17NO2. The predicted octanol–water partition coefficient (Wildman–Crippen LogP) is 1.23. The molecule has 0 saturated carbocycles. The van der Waals surface area contributed by atoms with Crippen LogP contribution in [-0.2, 0) is 9.53 Å². The van der Waals surface area contributed by atoms with E-state index in [1.165, 1.54) is 7.11 Å². The lowest BCUT2D eigenvalue weighted by Crippen LogP contribution is -2.51. The van der Waals surface area contributed by atoms with E-state index in [-0.39, 0.29) is 11.4 Å². The number of allylic oxidation sites excluding steroid dienone is 1. The summed E-state index contributed by atoms with van der Waals surface area (Å²) in [6, 6.07) is 0. The molecule has 1 aliphatic rings. The van der Waals surface area contributed by atoms with Gasteiger partial charge in [0.05, 0.1) is 7.11 Å². The molecular weight excluding hydrogens is 166 g/mol. The number of rotatable bonds is 1. The van der Waals surface area contributed by atoms with Crippen LogP contribution in [0.2, 0.25) is 0 Å². The van der Waals surface area contributed by atoms with Gasteiger partial charge in [-0.05, 0) is 18.3 Å². The number of nitrogens with two attached hydrogens (primary N) is 1. The average Bonchev–Trinajstić information content (AvgIpc) is 2.00. The van der Waals surface area contributed by atoms with Crippen LogP contribution < -0.4 is 5.73 Å². The normalized spacial score (nSPS) is 31.4. The molecule has 0 radical (unpaired) electrons.